The maximum Gasteiger partial charge on any atom is 0.409 e. The third kappa shape index (κ3) is 7.10. The van der Waals surface area contributed by atoms with Crippen molar-refractivity contribution >= 4 is 34.5 Å². The average molecular weight is 675 g/mol. The first-order valence-corrected chi connectivity index (χ1v) is 17.7. The molecule has 8 heteroatoms. The van der Waals surface area contributed by atoms with Crippen molar-refractivity contribution in [2.45, 2.75) is 44.7 Å². The number of aromatic nitrogens is 1. The van der Waals surface area contributed by atoms with E-state index in [1.165, 1.54) is 22.3 Å². The van der Waals surface area contributed by atoms with Crippen molar-refractivity contribution in [1.82, 2.24) is 20.1 Å². The third-order valence-corrected chi connectivity index (χ3v) is 10.6. The largest absolute Gasteiger partial charge is 0.448 e. The fraction of sp³-hybridized carbons (Fsp3) is 0.317. The maximum atomic E-state index is 14.2. The first kappa shape index (κ1) is 32.9. The van der Waals surface area contributed by atoms with Crippen LogP contribution in [0.3, 0.4) is 0 Å². The highest BCUT2D eigenvalue weighted by Crippen LogP contribution is 2.44. The summed E-state index contributed by atoms with van der Waals surface area (Å²) in [5.74, 6) is 0.0790. The first-order valence-electron chi connectivity index (χ1n) is 17.3. The van der Waals surface area contributed by atoms with Gasteiger partial charge in [0.05, 0.1) is 11.1 Å². The van der Waals surface area contributed by atoms with E-state index in [9.17, 15) is 9.59 Å². The number of nitrogens with zero attached hydrogens (tertiary/aromatic N) is 2. The molecule has 252 valence electrons. The molecule has 1 aromatic heterocycles. The Morgan fingerprint density at radius 3 is 2.24 bits per heavy atom. The highest BCUT2D eigenvalue weighted by atomic mass is 35.5. The summed E-state index contributed by atoms with van der Waals surface area (Å²) in [5.41, 5.74) is 6.98. The van der Waals surface area contributed by atoms with Crippen molar-refractivity contribution in [1.29, 1.82) is 0 Å². The molecule has 2 heterocycles. The Balaban J connectivity index is 1.13. The molecule has 1 aliphatic carbocycles. The van der Waals surface area contributed by atoms with E-state index in [1.807, 2.05) is 59.5 Å². The molecular weight excluding hydrogens is 632 g/mol. The summed E-state index contributed by atoms with van der Waals surface area (Å²) < 4.78 is 6.23. The number of fused-ring (bicyclic) bond motifs is 4. The topological polar surface area (TPSA) is 77.7 Å². The SMILES string of the molecule is CC(C)N1CCC(CN(C[C@H](NC(=O)c2ccc3c(Cl)c[nH]c3c2)c2ccccc2)C(=O)OCC2c3ccccc3-c3ccccc32)CC1. The highest BCUT2D eigenvalue weighted by molar-refractivity contribution is 6.35. The van der Waals surface area contributed by atoms with Crippen LogP contribution in [-0.2, 0) is 4.74 Å². The van der Waals surface area contributed by atoms with Crippen molar-refractivity contribution in [3.8, 4) is 11.1 Å². The van der Waals surface area contributed by atoms with Crippen LogP contribution < -0.4 is 5.32 Å². The standard InChI is InChI=1S/C41H43ClN4O3/c1-27(2)45-20-18-28(19-21-45)24-46(41(48)49-26-36-33-14-8-6-12-31(33)32-13-7-9-15-34(32)36)25-39(29-10-4-3-5-11-29)44-40(47)30-16-17-35-37(42)23-43-38(35)22-30/h3-17,22-23,27-28,36,39,43H,18-21,24-26H2,1-2H3,(H,44,47)/t39-/m0/s1. The van der Waals surface area contributed by atoms with E-state index in [4.69, 9.17) is 16.3 Å². The molecule has 0 spiro atoms. The van der Waals surface area contributed by atoms with Crippen molar-refractivity contribution < 1.29 is 14.3 Å². The minimum absolute atomic E-state index is 0.0338. The first-order chi connectivity index (χ1) is 23.9. The Kier molecular flexibility index (Phi) is 9.74. The van der Waals surface area contributed by atoms with Gasteiger partial charge >= 0.3 is 6.09 Å². The van der Waals surface area contributed by atoms with Crippen LogP contribution >= 0.6 is 11.6 Å². The number of hydrogen-bond donors (Lipinski definition) is 2. The van der Waals surface area contributed by atoms with Gasteiger partial charge in [-0.05, 0) is 85.6 Å². The van der Waals surface area contributed by atoms with E-state index in [1.54, 1.807) is 12.3 Å². The number of rotatable bonds is 10. The summed E-state index contributed by atoms with van der Waals surface area (Å²) in [6, 6.07) is 32.1. The Morgan fingerprint density at radius 2 is 1.57 bits per heavy atom. The Labute approximate surface area is 293 Å². The van der Waals surface area contributed by atoms with Gasteiger partial charge in [-0.25, -0.2) is 4.79 Å². The zero-order chi connectivity index (χ0) is 33.9. The number of benzene rings is 4. The lowest BCUT2D eigenvalue weighted by atomic mass is 9.95. The minimum Gasteiger partial charge on any atom is -0.448 e. The summed E-state index contributed by atoms with van der Waals surface area (Å²) in [5, 5.41) is 4.72. The summed E-state index contributed by atoms with van der Waals surface area (Å²) in [6.07, 6.45) is 3.38. The quantitative estimate of drug-likeness (QED) is 0.155. The van der Waals surface area contributed by atoms with E-state index in [2.05, 4.69) is 65.4 Å². The Hall–Kier alpha value is -4.59. The predicted octanol–water partition coefficient (Wildman–Crippen LogP) is 8.66. The second-order valence-electron chi connectivity index (χ2n) is 13.6. The van der Waals surface area contributed by atoms with Gasteiger partial charge in [0.15, 0.2) is 0 Å². The van der Waals surface area contributed by atoms with Gasteiger partial charge in [0.2, 0.25) is 0 Å². The zero-order valence-corrected chi connectivity index (χ0v) is 28.8. The zero-order valence-electron chi connectivity index (χ0n) is 28.1. The van der Waals surface area contributed by atoms with Gasteiger partial charge in [-0.3, -0.25) is 4.79 Å². The van der Waals surface area contributed by atoms with Crippen molar-refractivity contribution in [2.24, 2.45) is 5.92 Å². The van der Waals surface area contributed by atoms with E-state index < -0.39 is 6.04 Å². The van der Waals surface area contributed by atoms with Crippen LogP contribution in [0.1, 0.15) is 65.7 Å². The highest BCUT2D eigenvalue weighted by Gasteiger charge is 2.32. The Morgan fingerprint density at radius 1 is 0.918 bits per heavy atom. The molecule has 5 aromatic rings. The normalized spacial score (nSPS) is 15.6. The number of piperidine rings is 1. The van der Waals surface area contributed by atoms with Crippen molar-refractivity contribution in [3.05, 3.63) is 131 Å². The summed E-state index contributed by atoms with van der Waals surface area (Å²) in [6.45, 7) is 7.57. The van der Waals surface area contributed by atoms with Crippen LogP contribution in [-0.4, -0.2) is 65.6 Å². The number of carbonyl (C=O) groups excluding carboxylic acids is 2. The van der Waals surface area contributed by atoms with Gasteiger partial charge in [-0.2, -0.15) is 0 Å². The molecule has 1 aliphatic heterocycles. The van der Waals surface area contributed by atoms with Crippen LogP contribution in [0, 0.1) is 5.92 Å². The fourth-order valence-corrected chi connectivity index (χ4v) is 7.71. The molecule has 7 nitrogen and oxygen atoms in total. The van der Waals surface area contributed by atoms with Gasteiger partial charge in [-0.1, -0.05) is 96.5 Å². The molecule has 1 saturated heterocycles. The number of ether oxygens (including phenoxy) is 1. The lowest BCUT2D eigenvalue weighted by Crippen LogP contribution is -2.46. The lowest BCUT2D eigenvalue weighted by Gasteiger charge is -2.37. The number of amides is 2. The van der Waals surface area contributed by atoms with E-state index >= 15 is 0 Å². The van der Waals surface area contributed by atoms with Gasteiger partial charge in [0.25, 0.3) is 5.91 Å². The second kappa shape index (κ2) is 14.5. The molecule has 0 unspecified atom stereocenters. The van der Waals surface area contributed by atoms with Gasteiger partial charge < -0.3 is 24.8 Å². The predicted molar refractivity (Wildman–Crippen MR) is 196 cm³/mol. The maximum absolute atomic E-state index is 14.2. The number of H-pyrrole nitrogens is 1. The average Bonchev–Trinajstić information content (AvgIpc) is 3.67. The monoisotopic (exact) mass is 674 g/mol. The van der Waals surface area contributed by atoms with E-state index in [0.717, 1.165) is 42.4 Å². The van der Waals surface area contributed by atoms with E-state index in [-0.39, 0.29) is 31.1 Å². The summed E-state index contributed by atoms with van der Waals surface area (Å²) in [4.78, 5) is 35.4. The lowest BCUT2D eigenvalue weighted by molar-refractivity contribution is 0.0739. The van der Waals surface area contributed by atoms with Crippen LogP contribution in [0.25, 0.3) is 22.0 Å². The number of hydrogen-bond acceptors (Lipinski definition) is 4. The molecule has 2 amide bonds. The molecule has 0 bridgehead atoms. The van der Waals surface area contributed by atoms with Crippen molar-refractivity contribution in [2.75, 3.05) is 32.8 Å². The van der Waals surface area contributed by atoms with Crippen LogP contribution in [0.5, 0.6) is 0 Å². The molecule has 4 aromatic carbocycles. The Bertz CT molecular complexity index is 1890. The number of aromatic amines is 1. The molecule has 1 fully saturated rings. The molecule has 7 rings (SSSR count). The number of halogens is 1. The molecular formula is C41H43ClN4O3. The van der Waals surface area contributed by atoms with Crippen LogP contribution in [0.2, 0.25) is 5.02 Å². The molecule has 49 heavy (non-hydrogen) atoms. The third-order valence-electron chi connectivity index (χ3n) is 10.3. The van der Waals surface area contributed by atoms with Crippen molar-refractivity contribution in [3.63, 3.8) is 0 Å². The minimum atomic E-state index is -0.451. The smallest absolute Gasteiger partial charge is 0.409 e. The molecule has 1 atom stereocenters. The number of carbonyl (C=O) groups is 2. The number of likely N-dealkylation sites (tertiary alicyclic amines) is 1. The number of nitrogens with one attached hydrogen (secondary N) is 2. The fourth-order valence-electron chi connectivity index (χ4n) is 7.49. The summed E-state index contributed by atoms with van der Waals surface area (Å²) >= 11 is 6.29. The van der Waals surface area contributed by atoms with Crippen LogP contribution in [0.15, 0.2) is 103 Å². The molecule has 2 aliphatic rings. The van der Waals surface area contributed by atoms with Gasteiger partial charge in [0.1, 0.15) is 6.61 Å². The second-order valence-corrected chi connectivity index (χ2v) is 14.0. The van der Waals surface area contributed by atoms with Gasteiger partial charge in [-0.15, -0.1) is 0 Å². The molecule has 2 N–H and O–H groups in total. The van der Waals surface area contributed by atoms with Gasteiger partial charge in [0, 0.05) is 47.7 Å². The molecule has 0 radical (unpaired) electrons. The van der Waals surface area contributed by atoms with Crippen LogP contribution in [0.4, 0.5) is 4.79 Å². The molecule has 0 saturated carbocycles. The summed E-state index contributed by atoms with van der Waals surface area (Å²) in [7, 11) is 0. The van der Waals surface area contributed by atoms with E-state index in [0.29, 0.717) is 29.1 Å².